The molecule has 25 heavy (non-hydrogen) atoms. The molecule has 1 aromatic carbocycles. The van der Waals surface area contributed by atoms with Gasteiger partial charge < -0.3 is 5.11 Å². The third-order valence-electron chi connectivity index (χ3n) is 3.11. The largest absolute Gasteiger partial charge is 0.477 e. The molecule has 2 N–H and O–H groups in total. The molecule has 0 aromatic heterocycles. The number of nitrogens with zero attached hydrogens (tertiary/aromatic N) is 3. The highest BCUT2D eigenvalue weighted by Gasteiger charge is 2.26. The zero-order chi connectivity index (χ0) is 19.4. The van der Waals surface area contributed by atoms with E-state index in [-0.39, 0.29) is 11.5 Å². The van der Waals surface area contributed by atoms with Crippen LogP contribution in [-0.4, -0.2) is 32.4 Å². The number of hydrogen-bond donors (Lipinski definition) is 2. The summed E-state index contributed by atoms with van der Waals surface area (Å²) in [7, 11) is 0. The van der Waals surface area contributed by atoms with E-state index in [1.165, 1.54) is 0 Å². The SMILES string of the molecule is CC(C)(C)C(=O)CC(=NNc1ccc([N+](=O)[O-])cc1[N+](=O)[O-])C(=O)O. The summed E-state index contributed by atoms with van der Waals surface area (Å²) in [6.07, 6.45) is -0.480. The molecule has 1 rings (SSSR count). The lowest BCUT2D eigenvalue weighted by Crippen LogP contribution is -2.27. The second kappa shape index (κ2) is 7.47. The van der Waals surface area contributed by atoms with Crippen molar-refractivity contribution in [3.8, 4) is 0 Å². The summed E-state index contributed by atoms with van der Waals surface area (Å²) in [6.45, 7) is 4.84. The van der Waals surface area contributed by atoms with Crippen molar-refractivity contribution in [1.82, 2.24) is 0 Å². The topological polar surface area (TPSA) is 165 Å². The number of hydrazone groups is 1. The number of rotatable bonds is 7. The van der Waals surface area contributed by atoms with E-state index in [2.05, 4.69) is 10.5 Å². The quantitative estimate of drug-likeness (QED) is 0.428. The van der Waals surface area contributed by atoms with Crippen molar-refractivity contribution in [1.29, 1.82) is 0 Å². The highest BCUT2D eigenvalue weighted by molar-refractivity contribution is 6.39. The number of ketones is 1. The number of aliphatic carboxylic acids is 1. The first-order valence-electron chi connectivity index (χ1n) is 6.95. The second-order valence-corrected chi connectivity index (χ2v) is 6.04. The van der Waals surface area contributed by atoms with E-state index in [0.717, 1.165) is 18.2 Å². The van der Waals surface area contributed by atoms with Crippen LogP contribution in [0, 0.1) is 25.6 Å². The van der Waals surface area contributed by atoms with E-state index in [9.17, 15) is 29.8 Å². The van der Waals surface area contributed by atoms with Gasteiger partial charge in [0.1, 0.15) is 11.5 Å². The van der Waals surface area contributed by atoms with Crippen LogP contribution in [0.15, 0.2) is 23.3 Å². The number of Topliss-reactive ketones (excluding diaryl/α,β-unsaturated/α-hetero) is 1. The van der Waals surface area contributed by atoms with Gasteiger partial charge in [0, 0.05) is 11.5 Å². The second-order valence-electron chi connectivity index (χ2n) is 6.04. The number of carbonyl (C=O) groups excluding carboxylic acids is 1. The maximum Gasteiger partial charge on any atom is 0.352 e. The van der Waals surface area contributed by atoms with Crippen LogP contribution in [0.25, 0.3) is 0 Å². The molecule has 0 saturated heterocycles. The number of nitro benzene ring substituents is 2. The van der Waals surface area contributed by atoms with Crippen LogP contribution >= 0.6 is 0 Å². The minimum Gasteiger partial charge on any atom is -0.477 e. The number of benzene rings is 1. The molecule has 0 amide bonds. The summed E-state index contributed by atoms with van der Waals surface area (Å²) in [5, 5.41) is 34.3. The zero-order valence-corrected chi connectivity index (χ0v) is 13.7. The minimum atomic E-state index is -1.46. The van der Waals surface area contributed by atoms with E-state index in [1.54, 1.807) is 20.8 Å². The fourth-order valence-electron chi connectivity index (χ4n) is 1.59. The number of anilines is 1. The van der Waals surface area contributed by atoms with Crippen LogP contribution in [-0.2, 0) is 9.59 Å². The molecule has 0 aliphatic carbocycles. The Labute approximate surface area is 141 Å². The first-order valence-corrected chi connectivity index (χ1v) is 6.95. The van der Waals surface area contributed by atoms with Crippen molar-refractivity contribution in [2.45, 2.75) is 27.2 Å². The van der Waals surface area contributed by atoms with Crippen molar-refractivity contribution in [2.24, 2.45) is 10.5 Å². The number of nitrogens with one attached hydrogen (secondary N) is 1. The monoisotopic (exact) mass is 352 g/mol. The smallest absolute Gasteiger partial charge is 0.352 e. The van der Waals surface area contributed by atoms with Crippen LogP contribution in [0.5, 0.6) is 0 Å². The summed E-state index contributed by atoms with van der Waals surface area (Å²) in [5.74, 6) is -1.84. The fraction of sp³-hybridized carbons (Fsp3) is 0.357. The molecule has 0 heterocycles. The molecule has 0 fully saturated rings. The summed E-state index contributed by atoms with van der Waals surface area (Å²) in [5.41, 5.74) is -0.511. The maximum atomic E-state index is 11.9. The Hall–Kier alpha value is -3.37. The number of hydrogen-bond acceptors (Lipinski definition) is 8. The van der Waals surface area contributed by atoms with Crippen LogP contribution in [0.1, 0.15) is 27.2 Å². The average Bonchev–Trinajstić information content (AvgIpc) is 2.49. The van der Waals surface area contributed by atoms with Gasteiger partial charge in [-0.15, -0.1) is 0 Å². The van der Waals surface area contributed by atoms with Gasteiger partial charge in [-0.25, -0.2) is 4.79 Å². The Balaban J connectivity index is 3.15. The molecule has 0 aliphatic heterocycles. The fourth-order valence-corrected chi connectivity index (χ4v) is 1.59. The van der Waals surface area contributed by atoms with E-state index >= 15 is 0 Å². The highest BCUT2D eigenvalue weighted by atomic mass is 16.6. The summed E-state index contributed by atoms with van der Waals surface area (Å²) >= 11 is 0. The number of non-ortho nitro benzene ring substituents is 1. The molecule has 0 bridgehead atoms. The lowest BCUT2D eigenvalue weighted by molar-refractivity contribution is -0.393. The normalized spacial score (nSPS) is 11.7. The van der Waals surface area contributed by atoms with E-state index in [1.807, 2.05) is 0 Å². The van der Waals surface area contributed by atoms with Gasteiger partial charge in [0.25, 0.3) is 5.69 Å². The van der Waals surface area contributed by atoms with Crippen molar-refractivity contribution in [3.05, 3.63) is 38.4 Å². The first-order chi connectivity index (χ1) is 11.4. The minimum absolute atomic E-state index is 0.238. The number of carboxylic acid groups (broad SMARTS) is 1. The zero-order valence-electron chi connectivity index (χ0n) is 13.7. The molecule has 0 atom stereocenters. The standard InChI is InChI=1S/C14H16N4O7/c1-14(2,3)12(19)7-10(13(20)21)16-15-9-5-4-8(17(22)23)6-11(9)18(24)25/h4-6,15H,7H2,1-3H3,(H,20,21). The Kier molecular flexibility index (Phi) is 5.88. The molecule has 1 aromatic rings. The predicted octanol–water partition coefficient (Wildman–Crippen LogP) is 2.36. The van der Waals surface area contributed by atoms with Gasteiger partial charge in [0.2, 0.25) is 0 Å². The summed E-state index contributed by atoms with van der Waals surface area (Å²) in [6, 6.07) is 2.76. The molecule has 11 heteroatoms. The first kappa shape index (κ1) is 19.7. The molecule has 0 spiro atoms. The van der Waals surface area contributed by atoms with Gasteiger partial charge in [0.15, 0.2) is 5.71 Å². The number of carboxylic acids is 1. The van der Waals surface area contributed by atoms with Gasteiger partial charge in [-0.3, -0.25) is 30.4 Å². The van der Waals surface area contributed by atoms with Gasteiger partial charge >= 0.3 is 11.7 Å². The van der Waals surface area contributed by atoms with Gasteiger partial charge in [-0.2, -0.15) is 5.10 Å². The van der Waals surface area contributed by atoms with Crippen molar-refractivity contribution < 1.29 is 24.5 Å². The predicted molar refractivity (Wildman–Crippen MR) is 87.5 cm³/mol. The average molecular weight is 352 g/mol. The molecular formula is C14H16N4O7. The van der Waals surface area contributed by atoms with Crippen LogP contribution in [0.2, 0.25) is 0 Å². The van der Waals surface area contributed by atoms with Crippen LogP contribution in [0.3, 0.4) is 0 Å². The van der Waals surface area contributed by atoms with E-state index < -0.39 is 44.7 Å². The molecule has 0 radical (unpaired) electrons. The van der Waals surface area contributed by atoms with Gasteiger partial charge in [-0.1, -0.05) is 20.8 Å². The third kappa shape index (κ3) is 5.34. The van der Waals surface area contributed by atoms with Crippen LogP contribution in [0.4, 0.5) is 17.1 Å². The highest BCUT2D eigenvalue weighted by Crippen LogP contribution is 2.29. The summed E-state index contributed by atoms with van der Waals surface area (Å²) < 4.78 is 0. The van der Waals surface area contributed by atoms with E-state index in [0.29, 0.717) is 0 Å². The van der Waals surface area contributed by atoms with E-state index in [4.69, 9.17) is 5.11 Å². The maximum absolute atomic E-state index is 11.9. The molecule has 0 aliphatic rings. The molecule has 0 saturated carbocycles. The molecule has 0 unspecified atom stereocenters. The lowest BCUT2D eigenvalue weighted by atomic mass is 9.88. The molecular weight excluding hydrogens is 336 g/mol. The Morgan fingerprint density at radius 2 is 1.80 bits per heavy atom. The molecule has 134 valence electrons. The number of nitro groups is 2. The Bertz CT molecular complexity index is 765. The van der Waals surface area contributed by atoms with Gasteiger partial charge in [-0.05, 0) is 6.07 Å². The van der Waals surface area contributed by atoms with Crippen molar-refractivity contribution in [2.75, 3.05) is 5.43 Å². The summed E-state index contributed by atoms with van der Waals surface area (Å²) in [4.78, 5) is 43.1. The Morgan fingerprint density at radius 1 is 1.20 bits per heavy atom. The van der Waals surface area contributed by atoms with Gasteiger partial charge in [0.05, 0.1) is 22.3 Å². The molecule has 11 nitrogen and oxygen atoms in total. The number of carbonyl (C=O) groups is 2. The van der Waals surface area contributed by atoms with Crippen molar-refractivity contribution in [3.63, 3.8) is 0 Å². The third-order valence-corrected chi connectivity index (χ3v) is 3.11. The van der Waals surface area contributed by atoms with Crippen LogP contribution < -0.4 is 5.43 Å². The van der Waals surface area contributed by atoms with Crippen molar-refractivity contribution >= 4 is 34.5 Å². The Morgan fingerprint density at radius 3 is 2.24 bits per heavy atom. The lowest BCUT2D eigenvalue weighted by Gasteiger charge is -2.16.